The van der Waals surface area contributed by atoms with E-state index in [1.807, 2.05) is 0 Å². The Morgan fingerprint density at radius 2 is 1.07 bits per heavy atom. The van der Waals surface area contributed by atoms with Crippen LogP contribution >= 0.6 is 0 Å². The van der Waals surface area contributed by atoms with Crippen LogP contribution in [-0.2, 0) is 9.47 Å². The Morgan fingerprint density at radius 1 is 0.586 bits per heavy atom. The summed E-state index contributed by atoms with van der Waals surface area (Å²) in [7, 11) is 0. The molecule has 0 saturated heterocycles. The Balaban J connectivity index is 3.68. The molecule has 0 amide bonds. The summed E-state index contributed by atoms with van der Waals surface area (Å²) in [5.41, 5.74) is 0. The van der Waals surface area contributed by atoms with Crippen LogP contribution in [0.15, 0.2) is 12.2 Å². The van der Waals surface area contributed by atoms with E-state index in [1.54, 1.807) is 0 Å². The van der Waals surface area contributed by atoms with E-state index in [0.717, 1.165) is 32.5 Å². The van der Waals surface area contributed by atoms with E-state index in [9.17, 15) is 0 Å². The zero-order chi connectivity index (χ0) is 21.3. The van der Waals surface area contributed by atoms with Gasteiger partial charge in [-0.25, -0.2) is 0 Å². The minimum Gasteiger partial charge on any atom is -0.396 e. The van der Waals surface area contributed by atoms with Crippen LogP contribution in [0.4, 0.5) is 0 Å². The van der Waals surface area contributed by atoms with Crippen molar-refractivity contribution in [3.05, 3.63) is 12.2 Å². The molecular weight excluding hydrogens is 360 g/mol. The molecule has 0 saturated carbocycles. The lowest BCUT2D eigenvalue weighted by Crippen LogP contribution is -2.19. The Hall–Kier alpha value is -0.380. The monoisotopic (exact) mass is 412 g/mol. The molecule has 0 fully saturated rings. The molecule has 0 unspecified atom stereocenters. The molecule has 0 bridgehead atoms. The summed E-state index contributed by atoms with van der Waals surface area (Å²) in [6.45, 7) is 6.47. The van der Waals surface area contributed by atoms with Crippen molar-refractivity contribution in [2.75, 3.05) is 19.8 Å². The number of allylic oxidation sites excluding steroid dienone is 1. The third kappa shape index (κ3) is 23.8. The number of unbranched alkanes of at least 4 members (excludes halogenated alkanes) is 13. The van der Waals surface area contributed by atoms with E-state index in [-0.39, 0.29) is 12.9 Å². The number of aliphatic hydroxyl groups excluding tert-OH is 1. The van der Waals surface area contributed by atoms with Crippen LogP contribution in [0.25, 0.3) is 0 Å². The Bertz CT molecular complexity index is 303. The van der Waals surface area contributed by atoms with Gasteiger partial charge in [0.2, 0.25) is 0 Å². The molecule has 29 heavy (non-hydrogen) atoms. The zero-order valence-corrected chi connectivity index (χ0v) is 19.8. The molecule has 0 spiro atoms. The zero-order valence-electron chi connectivity index (χ0n) is 19.8. The van der Waals surface area contributed by atoms with Crippen molar-refractivity contribution in [3.8, 4) is 0 Å². The third-order valence-corrected chi connectivity index (χ3v) is 5.38. The number of rotatable bonds is 24. The van der Waals surface area contributed by atoms with Gasteiger partial charge in [-0.3, -0.25) is 0 Å². The number of ether oxygens (including phenoxy) is 2. The van der Waals surface area contributed by atoms with Crippen molar-refractivity contribution in [1.29, 1.82) is 0 Å². The number of aliphatic hydroxyl groups is 1. The highest BCUT2D eigenvalue weighted by atomic mass is 16.7. The molecule has 174 valence electrons. The van der Waals surface area contributed by atoms with Gasteiger partial charge in [0.25, 0.3) is 0 Å². The Labute approximate surface area is 182 Å². The van der Waals surface area contributed by atoms with E-state index in [4.69, 9.17) is 14.6 Å². The van der Waals surface area contributed by atoms with Crippen LogP contribution in [0.5, 0.6) is 0 Å². The number of hydrogen-bond acceptors (Lipinski definition) is 3. The van der Waals surface area contributed by atoms with Gasteiger partial charge in [0.15, 0.2) is 6.29 Å². The first-order valence-electron chi connectivity index (χ1n) is 12.8. The fourth-order valence-corrected chi connectivity index (χ4v) is 3.47. The molecule has 0 aliphatic carbocycles. The lowest BCUT2D eigenvalue weighted by atomic mass is 10.1. The highest BCUT2D eigenvalue weighted by Crippen LogP contribution is 2.14. The summed E-state index contributed by atoms with van der Waals surface area (Å²) in [5.74, 6) is 0. The topological polar surface area (TPSA) is 38.7 Å². The molecule has 0 atom stereocenters. The van der Waals surface area contributed by atoms with Crippen molar-refractivity contribution in [2.24, 2.45) is 0 Å². The molecule has 1 N–H and O–H groups in total. The van der Waals surface area contributed by atoms with Crippen LogP contribution in [0.3, 0.4) is 0 Å². The maximum atomic E-state index is 8.72. The molecule has 0 aromatic rings. The normalized spacial score (nSPS) is 11.9. The summed E-state index contributed by atoms with van der Waals surface area (Å²) in [6.07, 6.45) is 26.5. The van der Waals surface area contributed by atoms with Crippen LogP contribution in [0.2, 0.25) is 0 Å². The van der Waals surface area contributed by atoms with Crippen LogP contribution < -0.4 is 0 Å². The fraction of sp³-hybridized carbons (Fsp3) is 0.923. The molecule has 0 radical (unpaired) electrons. The molecule has 0 aromatic heterocycles. The van der Waals surface area contributed by atoms with Gasteiger partial charge in [-0.05, 0) is 44.9 Å². The molecular formula is C26H52O3. The van der Waals surface area contributed by atoms with Gasteiger partial charge in [0.1, 0.15) is 0 Å². The quantitative estimate of drug-likeness (QED) is 0.0992. The molecule has 0 aliphatic rings. The van der Waals surface area contributed by atoms with E-state index in [1.165, 1.54) is 96.3 Å². The lowest BCUT2D eigenvalue weighted by Gasteiger charge is -2.19. The minimum absolute atomic E-state index is 0.0176. The maximum absolute atomic E-state index is 8.72. The first-order valence-corrected chi connectivity index (χ1v) is 12.8. The summed E-state index contributed by atoms with van der Waals surface area (Å²) in [5, 5.41) is 8.72. The van der Waals surface area contributed by atoms with E-state index < -0.39 is 0 Å². The van der Waals surface area contributed by atoms with Crippen molar-refractivity contribution >= 4 is 0 Å². The average Bonchev–Trinajstić information content (AvgIpc) is 2.73. The summed E-state index contributed by atoms with van der Waals surface area (Å²) in [6, 6.07) is 0. The summed E-state index contributed by atoms with van der Waals surface area (Å²) >= 11 is 0. The molecule has 0 heterocycles. The van der Waals surface area contributed by atoms with Crippen molar-refractivity contribution < 1.29 is 14.6 Å². The molecule has 0 rings (SSSR count). The average molecular weight is 413 g/mol. The number of hydrogen-bond donors (Lipinski definition) is 1. The van der Waals surface area contributed by atoms with Gasteiger partial charge in [0.05, 0.1) is 0 Å². The SMILES string of the molecule is CCCCCCOC(CCCCCCCCC/C=C\CCO)OCCCCCC. The second kappa shape index (κ2) is 25.7. The smallest absolute Gasteiger partial charge is 0.157 e. The maximum Gasteiger partial charge on any atom is 0.157 e. The van der Waals surface area contributed by atoms with Gasteiger partial charge < -0.3 is 14.6 Å². The first-order chi connectivity index (χ1) is 14.3. The lowest BCUT2D eigenvalue weighted by molar-refractivity contribution is -0.148. The highest BCUT2D eigenvalue weighted by Gasteiger charge is 2.09. The van der Waals surface area contributed by atoms with E-state index >= 15 is 0 Å². The third-order valence-electron chi connectivity index (χ3n) is 5.38. The molecule has 3 heteroatoms. The molecule has 0 aliphatic heterocycles. The van der Waals surface area contributed by atoms with Gasteiger partial charge in [0, 0.05) is 19.8 Å². The molecule has 3 nitrogen and oxygen atoms in total. The first kappa shape index (κ1) is 28.6. The Kier molecular flexibility index (Phi) is 25.3. The van der Waals surface area contributed by atoms with E-state index in [0.29, 0.717) is 0 Å². The minimum atomic E-state index is 0.0176. The standard InChI is InChI=1S/C26H52O3/c1-3-5-7-20-24-28-26(29-25-21-8-6-4-2)22-18-16-14-12-10-9-11-13-15-17-19-23-27/h15,17,26-27H,3-14,16,18-25H2,1-2H3/b17-15-. The summed E-state index contributed by atoms with van der Waals surface area (Å²) in [4.78, 5) is 0. The second-order valence-electron chi connectivity index (χ2n) is 8.33. The predicted octanol–water partition coefficient (Wildman–Crippen LogP) is 7.96. The predicted molar refractivity (Wildman–Crippen MR) is 126 cm³/mol. The fourth-order valence-electron chi connectivity index (χ4n) is 3.47. The molecule has 0 aromatic carbocycles. The van der Waals surface area contributed by atoms with Crippen molar-refractivity contribution in [3.63, 3.8) is 0 Å². The summed E-state index contributed by atoms with van der Waals surface area (Å²) < 4.78 is 12.1. The second-order valence-corrected chi connectivity index (χ2v) is 8.33. The Morgan fingerprint density at radius 3 is 1.62 bits per heavy atom. The van der Waals surface area contributed by atoms with Gasteiger partial charge >= 0.3 is 0 Å². The van der Waals surface area contributed by atoms with Gasteiger partial charge in [-0.2, -0.15) is 0 Å². The highest BCUT2D eigenvalue weighted by molar-refractivity contribution is 4.80. The van der Waals surface area contributed by atoms with Crippen LogP contribution in [0.1, 0.15) is 129 Å². The van der Waals surface area contributed by atoms with Crippen LogP contribution in [0, 0.1) is 0 Å². The van der Waals surface area contributed by atoms with Gasteiger partial charge in [-0.15, -0.1) is 0 Å². The largest absolute Gasteiger partial charge is 0.396 e. The van der Waals surface area contributed by atoms with E-state index in [2.05, 4.69) is 26.0 Å². The van der Waals surface area contributed by atoms with Gasteiger partial charge in [-0.1, -0.05) is 96.6 Å². The van der Waals surface area contributed by atoms with Crippen molar-refractivity contribution in [2.45, 2.75) is 136 Å². The van der Waals surface area contributed by atoms with Crippen LogP contribution in [-0.4, -0.2) is 31.2 Å². The van der Waals surface area contributed by atoms with Crippen molar-refractivity contribution in [1.82, 2.24) is 0 Å².